The number of amides is 2. The third-order valence-electron chi connectivity index (χ3n) is 6.83. The quantitative estimate of drug-likeness (QED) is 0.858. The highest BCUT2D eigenvalue weighted by Gasteiger charge is 2.45. The average Bonchev–Trinajstić information content (AvgIpc) is 3.29. The number of carbonyl (C=O) groups excluding carboxylic acids is 2. The summed E-state index contributed by atoms with van der Waals surface area (Å²) in [6, 6.07) is 8.91. The van der Waals surface area contributed by atoms with E-state index >= 15 is 0 Å². The molecule has 0 spiro atoms. The molecule has 3 aliphatic rings. The van der Waals surface area contributed by atoms with Crippen LogP contribution >= 0.6 is 0 Å². The van der Waals surface area contributed by atoms with Crippen LogP contribution in [0.2, 0.25) is 0 Å². The van der Waals surface area contributed by atoms with Crippen molar-refractivity contribution in [1.29, 1.82) is 0 Å². The molecule has 1 N–H and O–H groups in total. The number of rotatable bonds is 4. The van der Waals surface area contributed by atoms with Crippen molar-refractivity contribution in [2.45, 2.75) is 63.7 Å². The zero-order valence-electron chi connectivity index (χ0n) is 17.2. The molecule has 1 aromatic carbocycles. The molecule has 3 heterocycles. The van der Waals surface area contributed by atoms with Crippen LogP contribution in [0.25, 0.3) is 0 Å². The zero-order valence-corrected chi connectivity index (χ0v) is 17.2. The highest BCUT2D eigenvalue weighted by Crippen LogP contribution is 2.30. The fourth-order valence-corrected chi connectivity index (χ4v) is 5.20. The topological polar surface area (TPSA) is 55.9 Å². The van der Waals surface area contributed by atoms with Gasteiger partial charge in [0.25, 0.3) is 0 Å². The molecule has 6 nitrogen and oxygen atoms in total. The molecule has 0 aliphatic carbocycles. The maximum Gasteiger partial charge on any atom is 0.239 e. The molecule has 28 heavy (non-hydrogen) atoms. The van der Waals surface area contributed by atoms with E-state index in [9.17, 15) is 9.59 Å². The number of para-hydroxylation sites is 1. The van der Waals surface area contributed by atoms with Crippen molar-refractivity contribution < 1.29 is 9.59 Å². The number of benzene rings is 1. The van der Waals surface area contributed by atoms with E-state index in [0.717, 1.165) is 38.0 Å². The van der Waals surface area contributed by atoms with Crippen molar-refractivity contribution in [2.24, 2.45) is 0 Å². The number of nitrogens with one attached hydrogen (secondary N) is 1. The molecule has 2 saturated heterocycles. The Hall–Kier alpha value is -1.92. The number of likely N-dealkylation sites (tertiary alicyclic amines) is 1. The zero-order chi connectivity index (χ0) is 19.8. The van der Waals surface area contributed by atoms with Crippen LogP contribution in [0.3, 0.4) is 0 Å². The third-order valence-corrected chi connectivity index (χ3v) is 6.83. The molecule has 3 aliphatic heterocycles. The lowest BCUT2D eigenvalue weighted by Crippen LogP contribution is -2.51. The van der Waals surface area contributed by atoms with Crippen LogP contribution in [0.15, 0.2) is 24.3 Å². The Balaban J connectivity index is 1.40. The minimum absolute atomic E-state index is 0.0730. The molecule has 3 unspecified atom stereocenters. The van der Waals surface area contributed by atoms with Crippen LogP contribution in [-0.4, -0.2) is 72.5 Å². The van der Waals surface area contributed by atoms with Gasteiger partial charge in [-0.3, -0.25) is 19.4 Å². The number of nitrogens with zero attached hydrogens (tertiary/aromatic N) is 3. The molecular weight excluding hydrogens is 352 g/mol. The van der Waals surface area contributed by atoms with Gasteiger partial charge in [0.15, 0.2) is 0 Å². The minimum atomic E-state index is -0.0730. The van der Waals surface area contributed by atoms with Gasteiger partial charge in [0.2, 0.25) is 11.8 Å². The van der Waals surface area contributed by atoms with Crippen LogP contribution in [-0.2, 0) is 16.0 Å². The van der Waals surface area contributed by atoms with E-state index in [1.807, 2.05) is 23.1 Å². The molecule has 0 bridgehead atoms. The highest BCUT2D eigenvalue weighted by atomic mass is 16.2. The lowest BCUT2D eigenvalue weighted by atomic mass is 10.0. The molecule has 2 fully saturated rings. The summed E-state index contributed by atoms with van der Waals surface area (Å²) >= 11 is 0. The third kappa shape index (κ3) is 3.44. The van der Waals surface area contributed by atoms with E-state index in [1.165, 1.54) is 5.56 Å². The molecule has 152 valence electrons. The van der Waals surface area contributed by atoms with Crippen LogP contribution < -0.4 is 10.2 Å². The minimum Gasteiger partial charge on any atom is -0.353 e. The first-order valence-corrected chi connectivity index (χ1v) is 10.6. The maximum absolute atomic E-state index is 12.9. The second-order valence-corrected chi connectivity index (χ2v) is 8.66. The molecule has 1 aromatic rings. The van der Waals surface area contributed by atoms with Gasteiger partial charge < -0.3 is 10.2 Å². The first kappa shape index (κ1) is 19.4. The van der Waals surface area contributed by atoms with Crippen molar-refractivity contribution in [1.82, 2.24) is 15.1 Å². The largest absolute Gasteiger partial charge is 0.353 e. The van der Waals surface area contributed by atoms with Gasteiger partial charge in [-0.2, -0.15) is 0 Å². The van der Waals surface area contributed by atoms with Gasteiger partial charge in [0.1, 0.15) is 6.04 Å². The SMILES string of the molecule is CC(C)N1CCC2C1C(=O)NCC(CCC(=O)N1CCc3ccccc31)N2C. The monoisotopic (exact) mass is 384 g/mol. The summed E-state index contributed by atoms with van der Waals surface area (Å²) in [5, 5.41) is 3.14. The predicted octanol–water partition coefficient (Wildman–Crippen LogP) is 1.64. The van der Waals surface area contributed by atoms with Crippen LogP contribution in [0.5, 0.6) is 0 Å². The van der Waals surface area contributed by atoms with Gasteiger partial charge in [-0.25, -0.2) is 0 Å². The first-order valence-electron chi connectivity index (χ1n) is 10.6. The summed E-state index contributed by atoms with van der Waals surface area (Å²) in [7, 11) is 2.13. The van der Waals surface area contributed by atoms with E-state index < -0.39 is 0 Å². The summed E-state index contributed by atoms with van der Waals surface area (Å²) < 4.78 is 0. The van der Waals surface area contributed by atoms with Crippen LogP contribution in [0.1, 0.15) is 38.7 Å². The normalized spacial score (nSPS) is 28.2. The molecule has 2 amide bonds. The van der Waals surface area contributed by atoms with Gasteiger partial charge in [-0.15, -0.1) is 0 Å². The number of hydrogen-bond donors (Lipinski definition) is 1. The smallest absolute Gasteiger partial charge is 0.239 e. The molecular formula is C22H32N4O2. The lowest BCUT2D eigenvalue weighted by Gasteiger charge is -2.34. The van der Waals surface area contributed by atoms with Gasteiger partial charge >= 0.3 is 0 Å². The van der Waals surface area contributed by atoms with E-state index in [-0.39, 0.29) is 29.9 Å². The van der Waals surface area contributed by atoms with E-state index in [2.05, 4.69) is 42.1 Å². The Labute approximate surface area is 167 Å². The van der Waals surface area contributed by atoms with Crippen LogP contribution in [0.4, 0.5) is 5.69 Å². The number of anilines is 1. The second-order valence-electron chi connectivity index (χ2n) is 8.66. The summed E-state index contributed by atoms with van der Waals surface area (Å²) in [4.78, 5) is 32.2. The molecule has 4 rings (SSSR count). The van der Waals surface area contributed by atoms with Gasteiger partial charge in [-0.1, -0.05) is 18.2 Å². The van der Waals surface area contributed by atoms with E-state index in [0.29, 0.717) is 19.0 Å². The summed E-state index contributed by atoms with van der Waals surface area (Å²) in [6.45, 7) is 6.68. The summed E-state index contributed by atoms with van der Waals surface area (Å²) in [5.41, 5.74) is 2.33. The average molecular weight is 385 g/mol. The van der Waals surface area contributed by atoms with Gasteiger partial charge in [-0.05, 0) is 51.8 Å². The summed E-state index contributed by atoms with van der Waals surface area (Å²) in [5.74, 6) is 0.339. The maximum atomic E-state index is 12.9. The van der Waals surface area contributed by atoms with E-state index in [4.69, 9.17) is 0 Å². The predicted molar refractivity (Wildman–Crippen MR) is 110 cm³/mol. The second kappa shape index (κ2) is 7.84. The Bertz CT molecular complexity index is 750. The summed E-state index contributed by atoms with van der Waals surface area (Å²) in [6.07, 6.45) is 3.25. The number of hydrogen-bond acceptors (Lipinski definition) is 4. The first-order chi connectivity index (χ1) is 13.5. The molecule has 3 atom stereocenters. The lowest BCUT2D eigenvalue weighted by molar-refractivity contribution is -0.126. The fraction of sp³-hybridized carbons (Fsp3) is 0.636. The van der Waals surface area contributed by atoms with Crippen LogP contribution in [0, 0.1) is 0 Å². The van der Waals surface area contributed by atoms with E-state index in [1.54, 1.807) is 0 Å². The van der Waals surface area contributed by atoms with Gasteiger partial charge in [0, 0.05) is 49.9 Å². The highest BCUT2D eigenvalue weighted by molar-refractivity contribution is 5.95. The number of carbonyl (C=O) groups is 2. The Morgan fingerprint density at radius 3 is 2.82 bits per heavy atom. The standard InChI is InChI=1S/C22H32N4O2/c1-15(2)25-13-11-19-21(25)22(28)23-14-17(24(19)3)8-9-20(27)26-12-10-16-6-4-5-7-18(16)26/h4-7,15,17,19,21H,8-14H2,1-3H3,(H,23,28). The van der Waals surface area contributed by atoms with Gasteiger partial charge in [0.05, 0.1) is 0 Å². The molecule has 0 radical (unpaired) electrons. The number of fused-ring (bicyclic) bond motifs is 2. The Kier molecular flexibility index (Phi) is 5.43. The molecule has 0 aromatic heterocycles. The molecule has 0 saturated carbocycles. The van der Waals surface area contributed by atoms with Crippen molar-refractivity contribution in [3.05, 3.63) is 29.8 Å². The Morgan fingerprint density at radius 2 is 2.04 bits per heavy atom. The fourth-order valence-electron chi connectivity index (χ4n) is 5.20. The van der Waals surface area contributed by atoms with Crippen molar-refractivity contribution >= 4 is 17.5 Å². The van der Waals surface area contributed by atoms with Crippen molar-refractivity contribution in [2.75, 3.05) is 31.6 Å². The Morgan fingerprint density at radius 1 is 1.25 bits per heavy atom. The number of likely N-dealkylation sites (N-methyl/N-ethyl adjacent to an activating group) is 1. The molecule has 6 heteroatoms. The van der Waals surface area contributed by atoms with Crippen molar-refractivity contribution in [3.8, 4) is 0 Å². The van der Waals surface area contributed by atoms with Crippen molar-refractivity contribution in [3.63, 3.8) is 0 Å².